The molecule has 1 amide bonds. The number of benzene rings is 2. The Hall–Kier alpha value is -3.35. The molecule has 3 unspecified atom stereocenters. The first kappa shape index (κ1) is 25.3. The predicted octanol–water partition coefficient (Wildman–Crippen LogP) is 4.95. The summed E-state index contributed by atoms with van der Waals surface area (Å²) in [4.78, 5) is 37.7. The number of esters is 1. The van der Waals surface area contributed by atoms with E-state index < -0.39 is 29.2 Å². The van der Waals surface area contributed by atoms with Crippen LogP contribution in [0.15, 0.2) is 54.6 Å². The Bertz CT molecular complexity index is 974. The van der Waals surface area contributed by atoms with Crippen LogP contribution in [0.3, 0.4) is 0 Å². The number of ether oxygens (including phenoxy) is 2. The smallest absolute Gasteiger partial charge is 0.309 e. The molecule has 3 atom stereocenters. The molecule has 2 aromatic carbocycles. The summed E-state index contributed by atoms with van der Waals surface area (Å²) in [7, 11) is 0. The molecule has 3 rings (SSSR count). The number of hydrogen-bond donors (Lipinski definition) is 2. The van der Waals surface area contributed by atoms with Gasteiger partial charge in [0.2, 0.25) is 5.91 Å². The van der Waals surface area contributed by atoms with Crippen molar-refractivity contribution in [2.24, 2.45) is 17.3 Å². The molecule has 0 radical (unpaired) electrons. The van der Waals surface area contributed by atoms with Gasteiger partial charge < -0.3 is 19.9 Å². The van der Waals surface area contributed by atoms with Gasteiger partial charge in [-0.2, -0.15) is 0 Å². The lowest BCUT2D eigenvalue weighted by Crippen LogP contribution is -2.61. The van der Waals surface area contributed by atoms with Crippen LogP contribution in [0.5, 0.6) is 11.5 Å². The molecule has 0 aliphatic heterocycles. The van der Waals surface area contributed by atoms with Crippen LogP contribution in [-0.2, 0) is 25.7 Å². The normalized spacial score (nSPS) is 21.2. The standard InChI is InChI=1S/C27H33NO6/c1-3-5-16-33-25(31)22-17-27(15-4-2,23(22)24(29)30)26(32)28-18-19-11-13-21(14-12-19)34-20-9-7-6-8-10-20/h6-14,22-23H,3-5,15-18H2,1-2H3,(H,28,32)(H,29,30). The highest BCUT2D eigenvalue weighted by molar-refractivity contribution is 5.95. The third kappa shape index (κ3) is 5.76. The minimum absolute atomic E-state index is 0.193. The number of carbonyl (C=O) groups excluding carboxylic acids is 2. The summed E-state index contributed by atoms with van der Waals surface area (Å²) in [5.41, 5.74) is -0.243. The van der Waals surface area contributed by atoms with E-state index in [9.17, 15) is 19.5 Å². The number of hydrogen-bond acceptors (Lipinski definition) is 5. The highest BCUT2D eigenvalue weighted by Gasteiger charge is 2.64. The van der Waals surface area contributed by atoms with Crippen molar-refractivity contribution >= 4 is 17.8 Å². The first-order valence-electron chi connectivity index (χ1n) is 11.9. The number of para-hydroxylation sites is 1. The third-order valence-corrected chi connectivity index (χ3v) is 6.40. The molecule has 7 nitrogen and oxygen atoms in total. The summed E-state index contributed by atoms with van der Waals surface area (Å²) in [5.74, 6) is -2.44. The van der Waals surface area contributed by atoms with Crippen LogP contribution in [0.25, 0.3) is 0 Å². The summed E-state index contributed by atoms with van der Waals surface area (Å²) in [6.45, 7) is 4.42. The number of unbranched alkanes of at least 4 members (excludes halogenated alkanes) is 1. The third-order valence-electron chi connectivity index (χ3n) is 6.40. The van der Waals surface area contributed by atoms with E-state index in [1.807, 2.05) is 68.4 Å². The molecule has 0 saturated heterocycles. The van der Waals surface area contributed by atoms with Crippen LogP contribution in [0.1, 0.15) is 51.5 Å². The highest BCUT2D eigenvalue weighted by atomic mass is 16.5. The second kappa shape index (κ2) is 11.7. The van der Waals surface area contributed by atoms with Gasteiger partial charge in [0.25, 0.3) is 0 Å². The Balaban J connectivity index is 1.63. The van der Waals surface area contributed by atoms with Gasteiger partial charge in [-0.3, -0.25) is 14.4 Å². The van der Waals surface area contributed by atoms with E-state index in [0.29, 0.717) is 18.6 Å². The first-order chi connectivity index (χ1) is 16.4. The molecule has 182 valence electrons. The number of aliphatic carboxylic acids is 1. The van der Waals surface area contributed by atoms with Crippen LogP contribution < -0.4 is 10.1 Å². The predicted molar refractivity (Wildman–Crippen MR) is 127 cm³/mol. The molecule has 0 spiro atoms. The Morgan fingerprint density at radius 1 is 1.00 bits per heavy atom. The van der Waals surface area contributed by atoms with E-state index >= 15 is 0 Å². The van der Waals surface area contributed by atoms with Gasteiger partial charge in [0, 0.05) is 6.54 Å². The largest absolute Gasteiger partial charge is 0.481 e. The topological polar surface area (TPSA) is 102 Å². The molecular formula is C27H33NO6. The molecule has 2 N–H and O–H groups in total. The maximum Gasteiger partial charge on any atom is 0.309 e. The highest BCUT2D eigenvalue weighted by Crippen LogP contribution is 2.55. The lowest BCUT2D eigenvalue weighted by molar-refractivity contribution is -0.185. The lowest BCUT2D eigenvalue weighted by atomic mass is 9.51. The fourth-order valence-corrected chi connectivity index (χ4v) is 4.62. The van der Waals surface area contributed by atoms with E-state index in [1.165, 1.54) is 0 Å². The van der Waals surface area contributed by atoms with Gasteiger partial charge in [-0.25, -0.2) is 0 Å². The van der Waals surface area contributed by atoms with Crippen LogP contribution in [-0.4, -0.2) is 29.6 Å². The molecule has 1 fully saturated rings. The summed E-state index contributed by atoms with van der Waals surface area (Å²) in [5, 5.41) is 12.8. The fourth-order valence-electron chi connectivity index (χ4n) is 4.62. The van der Waals surface area contributed by atoms with Gasteiger partial charge >= 0.3 is 11.9 Å². The number of amides is 1. The van der Waals surface area contributed by atoms with Gasteiger partial charge in [0.05, 0.1) is 23.9 Å². The average Bonchev–Trinajstić information content (AvgIpc) is 2.81. The minimum atomic E-state index is -1.13. The zero-order chi connectivity index (χ0) is 24.6. The second-order valence-corrected chi connectivity index (χ2v) is 8.80. The molecule has 1 aliphatic rings. The Morgan fingerprint density at radius 3 is 2.29 bits per heavy atom. The van der Waals surface area contributed by atoms with Crippen molar-refractivity contribution in [1.82, 2.24) is 5.32 Å². The molecule has 2 aromatic rings. The molecule has 1 aliphatic carbocycles. The average molecular weight is 468 g/mol. The monoisotopic (exact) mass is 467 g/mol. The van der Waals surface area contributed by atoms with Gasteiger partial charge in [-0.15, -0.1) is 0 Å². The van der Waals surface area contributed by atoms with Gasteiger partial charge in [0.15, 0.2) is 0 Å². The molecule has 0 aromatic heterocycles. The lowest BCUT2D eigenvalue weighted by Gasteiger charge is -2.50. The number of nitrogens with one attached hydrogen (secondary N) is 1. The van der Waals surface area contributed by atoms with Gasteiger partial charge in [0.1, 0.15) is 11.5 Å². The molecule has 0 bridgehead atoms. The van der Waals surface area contributed by atoms with E-state index in [1.54, 1.807) is 0 Å². The van der Waals surface area contributed by atoms with E-state index in [-0.39, 0.29) is 25.5 Å². The summed E-state index contributed by atoms with van der Waals surface area (Å²) in [6, 6.07) is 16.8. The van der Waals surface area contributed by atoms with Crippen molar-refractivity contribution in [2.75, 3.05) is 6.61 Å². The Labute approximate surface area is 200 Å². The number of carboxylic acid groups (broad SMARTS) is 1. The SMILES string of the molecule is CCCCOC(=O)C1CC(CCC)(C(=O)NCc2ccc(Oc3ccccc3)cc2)C1C(=O)O. The fraction of sp³-hybridized carbons (Fsp3) is 0.444. The van der Waals surface area contributed by atoms with Crippen LogP contribution >= 0.6 is 0 Å². The number of carboxylic acids is 1. The molecule has 7 heteroatoms. The number of carbonyl (C=O) groups is 3. The van der Waals surface area contributed by atoms with Crippen molar-refractivity contribution in [2.45, 2.75) is 52.5 Å². The van der Waals surface area contributed by atoms with Crippen molar-refractivity contribution in [3.05, 3.63) is 60.2 Å². The van der Waals surface area contributed by atoms with Crippen LogP contribution in [0, 0.1) is 17.3 Å². The summed E-state index contributed by atoms with van der Waals surface area (Å²) >= 11 is 0. The Morgan fingerprint density at radius 2 is 1.68 bits per heavy atom. The zero-order valence-electron chi connectivity index (χ0n) is 19.8. The van der Waals surface area contributed by atoms with Gasteiger partial charge in [-0.1, -0.05) is 57.0 Å². The quantitative estimate of drug-likeness (QED) is 0.338. The maximum atomic E-state index is 13.2. The summed E-state index contributed by atoms with van der Waals surface area (Å²) < 4.78 is 11.0. The molecule has 1 saturated carbocycles. The van der Waals surface area contributed by atoms with Crippen molar-refractivity contribution in [1.29, 1.82) is 0 Å². The van der Waals surface area contributed by atoms with E-state index in [2.05, 4.69) is 5.32 Å². The zero-order valence-corrected chi connectivity index (χ0v) is 19.8. The first-order valence-corrected chi connectivity index (χ1v) is 11.9. The van der Waals surface area contributed by atoms with E-state index in [0.717, 1.165) is 24.2 Å². The van der Waals surface area contributed by atoms with Crippen molar-refractivity contribution < 1.29 is 29.0 Å². The minimum Gasteiger partial charge on any atom is -0.481 e. The molecule has 0 heterocycles. The van der Waals surface area contributed by atoms with Crippen LogP contribution in [0.2, 0.25) is 0 Å². The second-order valence-electron chi connectivity index (χ2n) is 8.80. The molecule has 34 heavy (non-hydrogen) atoms. The van der Waals surface area contributed by atoms with Crippen molar-refractivity contribution in [3.8, 4) is 11.5 Å². The van der Waals surface area contributed by atoms with Crippen molar-refractivity contribution in [3.63, 3.8) is 0 Å². The van der Waals surface area contributed by atoms with E-state index in [4.69, 9.17) is 9.47 Å². The van der Waals surface area contributed by atoms with Crippen LogP contribution in [0.4, 0.5) is 0 Å². The maximum absolute atomic E-state index is 13.2. The number of rotatable bonds is 12. The van der Waals surface area contributed by atoms with Gasteiger partial charge in [-0.05, 0) is 49.1 Å². The summed E-state index contributed by atoms with van der Waals surface area (Å²) in [6.07, 6.45) is 2.84. The Kier molecular flexibility index (Phi) is 8.68. The molecular weight excluding hydrogens is 434 g/mol.